The number of nitrogens with zero attached hydrogens (tertiary/aromatic N) is 3. The van der Waals surface area contributed by atoms with E-state index in [-0.39, 0.29) is 16.7 Å². The van der Waals surface area contributed by atoms with Crippen LogP contribution in [0.1, 0.15) is 24.4 Å². The maximum absolute atomic E-state index is 10.9. The molecule has 23 heavy (non-hydrogen) atoms. The molecule has 0 spiro atoms. The first-order valence-electron chi connectivity index (χ1n) is 7.33. The number of oxazole rings is 1. The second-order valence-corrected chi connectivity index (χ2v) is 5.52. The number of hydrogen-bond acceptors (Lipinski definition) is 5. The molecule has 6 nitrogen and oxygen atoms in total. The highest BCUT2D eigenvalue weighted by Gasteiger charge is 2.17. The standard InChI is InChI=1S/C17H17N3O3/c1-12(13-6-5-7-14(10-13)20(21)22)19(2)11-17-18-15-8-3-4-9-16(15)23-17/h3-10,12H,11H2,1-2H3/t12-/m0/s1. The van der Waals surface area contributed by atoms with E-state index < -0.39 is 0 Å². The van der Waals surface area contributed by atoms with Gasteiger partial charge in [-0.1, -0.05) is 24.3 Å². The molecule has 0 unspecified atom stereocenters. The first kappa shape index (κ1) is 15.2. The zero-order valence-electron chi connectivity index (χ0n) is 13.0. The summed E-state index contributed by atoms with van der Waals surface area (Å²) in [5.41, 5.74) is 2.58. The fraction of sp³-hybridized carbons (Fsp3) is 0.235. The number of hydrogen-bond donors (Lipinski definition) is 0. The maximum Gasteiger partial charge on any atom is 0.269 e. The molecule has 3 aromatic rings. The summed E-state index contributed by atoms with van der Waals surface area (Å²) in [6, 6.07) is 14.3. The van der Waals surface area contributed by atoms with E-state index in [1.165, 1.54) is 6.07 Å². The summed E-state index contributed by atoms with van der Waals surface area (Å²) < 4.78 is 5.73. The third-order valence-corrected chi connectivity index (χ3v) is 3.95. The minimum absolute atomic E-state index is 0.00455. The number of nitro groups is 1. The normalized spacial score (nSPS) is 12.7. The summed E-state index contributed by atoms with van der Waals surface area (Å²) in [4.78, 5) is 17.0. The SMILES string of the molecule is C[C@@H](c1cccc([N+](=O)[O-])c1)N(C)Cc1nc2ccccc2o1. The Morgan fingerprint density at radius 2 is 2.04 bits per heavy atom. The molecule has 0 fully saturated rings. The number of fused-ring (bicyclic) bond motifs is 1. The lowest BCUT2D eigenvalue weighted by Crippen LogP contribution is -2.22. The van der Waals surface area contributed by atoms with E-state index in [2.05, 4.69) is 4.98 Å². The Balaban J connectivity index is 1.78. The molecule has 1 atom stereocenters. The van der Waals surface area contributed by atoms with Crippen molar-refractivity contribution >= 4 is 16.8 Å². The molecule has 0 amide bonds. The fourth-order valence-electron chi connectivity index (χ4n) is 2.49. The fourth-order valence-corrected chi connectivity index (χ4v) is 2.49. The van der Waals surface area contributed by atoms with Gasteiger partial charge in [-0.05, 0) is 31.7 Å². The predicted octanol–water partition coefficient (Wildman–Crippen LogP) is 3.93. The van der Waals surface area contributed by atoms with Gasteiger partial charge in [0, 0.05) is 18.2 Å². The molecular formula is C17H17N3O3. The molecular weight excluding hydrogens is 294 g/mol. The Morgan fingerprint density at radius 1 is 1.26 bits per heavy atom. The second-order valence-electron chi connectivity index (χ2n) is 5.52. The first-order chi connectivity index (χ1) is 11.0. The molecule has 0 saturated carbocycles. The van der Waals surface area contributed by atoms with E-state index in [0.29, 0.717) is 12.4 Å². The number of rotatable bonds is 5. The smallest absolute Gasteiger partial charge is 0.269 e. The summed E-state index contributed by atoms with van der Waals surface area (Å²) in [7, 11) is 1.94. The van der Waals surface area contributed by atoms with Gasteiger partial charge in [-0.15, -0.1) is 0 Å². The van der Waals surface area contributed by atoms with Gasteiger partial charge >= 0.3 is 0 Å². The van der Waals surface area contributed by atoms with Crippen molar-refractivity contribution in [3.05, 3.63) is 70.1 Å². The molecule has 0 aliphatic carbocycles. The van der Waals surface area contributed by atoms with Crippen molar-refractivity contribution < 1.29 is 9.34 Å². The molecule has 0 aliphatic rings. The van der Waals surface area contributed by atoms with Gasteiger partial charge in [0.1, 0.15) is 5.52 Å². The third-order valence-electron chi connectivity index (χ3n) is 3.95. The van der Waals surface area contributed by atoms with E-state index >= 15 is 0 Å². The van der Waals surface area contributed by atoms with Crippen LogP contribution < -0.4 is 0 Å². The summed E-state index contributed by atoms with van der Waals surface area (Å²) >= 11 is 0. The lowest BCUT2D eigenvalue weighted by molar-refractivity contribution is -0.384. The van der Waals surface area contributed by atoms with E-state index in [1.807, 2.05) is 49.2 Å². The van der Waals surface area contributed by atoms with Crippen LogP contribution in [-0.4, -0.2) is 21.9 Å². The molecule has 1 heterocycles. The molecule has 118 valence electrons. The van der Waals surface area contributed by atoms with E-state index in [9.17, 15) is 10.1 Å². The number of aromatic nitrogens is 1. The highest BCUT2D eigenvalue weighted by Crippen LogP contribution is 2.25. The Kier molecular flexibility index (Phi) is 4.08. The first-order valence-corrected chi connectivity index (χ1v) is 7.33. The average Bonchev–Trinajstić information content (AvgIpc) is 2.96. The van der Waals surface area contributed by atoms with Crippen LogP contribution in [0.15, 0.2) is 52.9 Å². The molecule has 6 heteroatoms. The van der Waals surface area contributed by atoms with Crippen LogP contribution in [-0.2, 0) is 6.54 Å². The molecule has 1 aromatic heterocycles. The largest absolute Gasteiger partial charge is 0.439 e. The minimum Gasteiger partial charge on any atom is -0.439 e. The lowest BCUT2D eigenvalue weighted by atomic mass is 10.1. The second kappa shape index (κ2) is 6.18. The summed E-state index contributed by atoms with van der Waals surface area (Å²) in [5.74, 6) is 0.631. The molecule has 0 bridgehead atoms. The van der Waals surface area contributed by atoms with Gasteiger partial charge < -0.3 is 4.42 Å². The topological polar surface area (TPSA) is 72.4 Å². The van der Waals surface area contributed by atoms with Gasteiger partial charge in [0.15, 0.2) is 5.58 Å². The van der Waals surface area contributed by atoms with Gasteiger partial charge in [-0.2, -0.15) is 0 Å². The van der Waals surface area contributed by atoms with Crippen LogP contribution in [0.25, 0.3) is 11.1 Å². The number of nitro benzene ring substituents is 1. The van der Waals surface area contributed by atoms with E-state index in [1.54, 1.807) is 12.1 Å². The van der Waals surface area contributed by atoms with Crippen LogP contribution in [0.4, 0.5) is 5.69 Å². The highest BCUT2D eigenvalue weighted by molar-refractivity contribution is 5.72. The number of benzene rings is 2. The van der Waals surface area contributed by atoms with Gasteiger partial charge in [0.25, 0.3) is 5.69 Å². The van der Waals surface area contributed by atoms with Crippen LogP contribution in [0.5, 0.6) is 0 Å². The molecule has 0 N–H and O–H groups in total. The number of non-ortho nitro benzene ring substituents is 1. The summed E-state index contributed by atoms with van der Waals surface area (Å²) in [6.07, 6.45) is 0. The maximum atomic E-state index is 10.9. The van der Waals surface area contributed by atoms with Crippen molar-refractivity contribution in [1.82, 2.24) is 9.88 Å². The zero-order valence-corrected chi connectivity index (χ0v) is 13.0. The van der Waals surface area contributed by atoms with Crippen LogP contribution >= 0.6 is 0 Å². The van der Waals surface area contributed by atoms with Crippen molar-refractivity contribution in [1.29, 1.82) is 0 Å². The third kappa shape index (κ3) is 3.22. The Labute approximate surface area is 133 Å². The van der Waals surface area contributed by atoms with Crippen LogP contribution in [0.2, 0.25) is 0 Å². The van der Waals surface area contributed by atoms with Gasteiger partial charge in [-0.25, -0.2) is 4.98 Å². The lowest BCUT2D eigenvalue weighted by Gasteiger charge is -2.23. The van der Waals surface area contributed by atoms with E-state index in [0.717, 1.165) is 16.7 Å². The highest BCUT2D eigenvalue weighted by atomic mass is 16.6. The summed E-state index contributed by atoms with van der Waals surface area (Å²) in [5, 5.41) is 10.9. The molecule has 0 aliphatic heterocycles. The average molecular weight is 311 g/mol. The van der Waals surface area contributed by atoms with Crippen molar-refractivity contribution in [3.63, 3.8) is 0 Å². The van der Waals surface area contributed by atoms with Gasteiger partial charge in [-0.3, -0.25) is 15.0 Å². The van der Waals surface area contributed by atoms with Crippen LogP contribution in [0, 0.1) is 10.1 Å². The van der Waals surface area contributed by atoms with Gasteiger partial charge in [0.2, 0.25) is 5.89 Å². The Morgan fingerprint density at radius 3 is 2.78 bits per heavy atom. The molecule has 0 radical (unpaired) electrons. The van der Waals surface area contributed by atoms with Gasteiger partial charge in [0.05, 0.1) is 11.5 Å². The molecule has 2 aromatic carbocycles. The van der Waals surface area contributed by atoms with Crippen molar-refractivity contribution in [3.8, 4) is 0 Å². The van der Waals surface area contributed by atoms with Crippen molar-refractivity contribution in [2.45, 2.75) is 19.5 Å². The van der Waals surface area contributed by atoms with Crippen LogP contribution in [0.3, 0.4) is 0 Å². The van der Waals surface area contributed by atoms with Crippen molar-refractivity contribution in [2.24, 2.45) is 0 Å². The van der Waals surface area contributed by atoms with Crippen molar-refractivity contribution in [2.75, 3.05) is 7.05 Å². The van der Waals surface area contributed by atoms with E-state index in [4.69, 9.17) is 4.42 Å². The Bertz CT molecular complexity index is 811. The quantitative estimate of drug-likeness (QED) is 0.527. The summed E-state index contributed by atoms with van der Waals surface area (Å²) in [6.45, 7) is 2.53. The Hall–Kier alpha value is -2.73. The number of para-hydroxylation sites is 2. The monoisotopic (exact) mass is 311 g/mol. The molecule has 0 saturated heterocycles. The zero-order chi connectivity index (χ0) is 16.4. The predicted molar refractivity (Wildman–Crippen MR) is 87.0 cm³/mol. The minimum atomic E-state index is -0.378. The molecule has 3 rings (SSSR count).